The number of anilines is 1. The Hall–Kier alpha value is -3.72. The molecule has 2 aliphatic rings. The second kappa shape index (κ2) is 9.26. The van der Waals surface area contributed by atoms with Crippen LogP contribution in [-0.4, -0.2) is 34.7 Å². The minimum absolute atomic E-state index is 0.00843. The van der Waals surface area contributed by atoms with Gasteiger partial charge in [-0.1, -0.05) is 18.6 Å². The van der Waals surface area contributed by atoms with E-state index >= 15 is 0 Å². The fraction of sp³-hybridized carbons (Fsp3) is 0.280. The van der Waals surface area contributed by atoms with Gasteiger partial charge in [-0.3, -0.25) is 14.7 Å². The van der Waals surface area contributed by atoms with Crippen molar-refractivity contribution < 1.29 is 27.8 Å². The van der Waals surface area contributed by atoms with Gasteiger partial charge < -0.3 is 19.5 Å². The van der Waals surface area contributed by atoms with Crippen LogP contribution >= 0.6 is 0 Å². The summed E-state index contributed by atoms with van der Waals surface area (Å²) in [5.41, 5.74) is 1.21. The monoisotopic (exact) mass is 467 g/mol. The maximum Gasteiger partial charge on any atom is 0.586 e. The lowest BCUT2D eigenvalue weighted by Gasteiger charge is -2.34. The number of amides is 1. The Bertz CT molecular complexity index is 1160. The van der Waals surface area contributed by atoms with Crippen LogP contribution in [0.2, 0.25) is 0 Å². The molecule has 1 aromatic heterocycles. The van der Waals surface area contributed by atoms with E-state index in [0.717, 1.165) is 12.8 Å². The van der Waals surface area contributed by atoms with Crippen molar-refractivity contribution >= 4 is 11.6 Å². The van der Waals surface area contributed by atoms with E-state index < -0.39 is 12.3 Å². The molecule has 0 spiro atoms. The number of para-hydroxylation sites is 1. The Labute approximate surface area is 195 Å². The summed E-state index contributed by atoms with van der Waals surface area (Å²) in [6, 6.07) is 15.1. The van der Waals surface area contributed by atoms with Crippen molar-refractivity contribution in [2.45, 2.75) is 38.1 Å². The van der Waals surface area contributed by atoms with Crippen LogP contribution in [0.3, 0.4) is 0 Å². The average Bonchev–Trinajstić information content (AvgIpc) is 3.16. The number of aromatic nitrogens is 1. The highest BCUT2D eigenvalue weighted by Crippen LogP contribution is 2.43. The van der Waals surface area contributed by atoms with Crippen LogP contribution in [0.15, 0.2) is 67.0 Å². The fourth-order valence-electron chi connectivity index (χ4n) is 4.22. The zero-order valence-electron chi connectivity index (χ0n) is 18.2. The number of carbonyl (C=O) groups excluding carboxylic acids is 1. The lowest BCUT2D eigenvalue weighted by atomic mass is 10.00. The summed E-state index contributed by atoms with van der Waals surface area (Å²) in [7, 11) is 0. The van der Waals surface area contributed by atoms with Crippen molar-refractivity contribution in [2.24, 2.45) is 0 Å². The first kappa shape index (κ1) is 22.1. The minimum Gasteiger partial charge on any atom is -0.456 e. The van der Waals surface area contributed by atoms with Gasteiger partial charge in [0.15, 0.2) is 11.5 Å². The number of nitrogens with zero attached hydrogens (tertiary/aromatic N) is 2. The maximum absolute atomic E-state index is 13.6. The van der Waals surface area contributed by atoms with Gasteiger partial charge in [0.05, 0.1) is 12.2 Å². The van der Waals surface area contributed by atoms with Gasteiger partial charge in [-0.05, 0) is 61.9 Å². The molecule has 0 saturated carbocycles. The normalized spacial score (nSPS) is 18.9. The number of alkyl halides is 2. The van der Waals surface area contributed by atoms with Gasteiger partial charge in [0.1, 0.15) is 11.5 Å². The largest absolute Gasteiger partial charge is 0.586 e. The standard InChI is InChI=1S/C25H23F2N3O4/c26-25(27)33-22-8-3-5-17(23(22)34-25)16-30-14-2-1-7-21(30)24(31)29-18-9-11-19(12-10-18)32-20-6-4-13-28-15-20/h3-6,8-13,15,21H,1-2,7,14,16H2,(H,29,31)/t21-/m1/s1. The topological polar surface area (TPSA) is 72.9 Å². The molecule has 1 fully saturated rings. The molecule has 3 aromatic rings. The predicted molar refractivity (Wildman–Crippen MR) is 120 cm³/mol. The van der Waals surface area contributed by atoms with Crippen LogP contribution in [0.1, 0.15) is 24.8 Å². The molecule has 1 atom stereocenters. The number of halogens is 2. The van der Waals surface area contributed by atoms with E-state index in [4.69, 9.17) is 9.47 Å². The molecule has 0 bridgehead atoms. The summed E-state index contributed by atoms with van der Waals surface area (Å²) in [4.78, 5) is 19.1. The van der Waals surface area contributed by atoms with Gasteiger partial charge in [-0.15, -0.1) is 8.78 Å². The molecule has 5 rings (SSSR count). The lowest BCUT2D eigenvalue weighted by molar-refractivity contribution is -0.287. The molecule has 7 nitrogen and oxygen atoms in total. The molecule has 1 saturated heterocycles. The number of nitrogens with one attached hydrogen (secondary N) is 1. The number of piperidine rings is 1. The fourth-order valence-corrected chi connectivity index (χ4v) is 4.22. The van der Waals surface area contributed by atoms with Crippen LogP contribution in [0.25, 0.3) is 0 Å². The molecule has 0 radical (unpaired) electrons. The molecule has 176 valence electrons. The van der Waals surface area contributed by atoms with Gasteiger partial charge in [0.25, 0.3) is 0 Å². The molecular weight excluding hydrogens is 444 g/mol. The molecule has 1 N–H and O–H groups in total. The van der Waals surface area contributed by atoms with Crippen molar-refractivity contribution in [3.63, 3.8) is 0 Å². The highest BCUT2D eigenvalue weighted by molar-refractivity contribution is 5.95. The number of benzene rings is 2. The molecule has 3 heterocycles. The molecule has 1 amide bonds. The molecule has 34 heavy (non-hydrogen) atoms. The third-order valence-corrected chi connectivity index (χ3v) is 5.79. The van der Waals surface area contributed by atoms with E-state index in [1.165, 1.54) is 6.07 Å². The number of fused-ring (bicyclic) bond motifs is 1. The van der Waals surface area contributed by atoms with E-state index in [9.17, 15) is 13.6 Å². The van der Waals surface area contributed by atoms with Gasteiger partial charge >= 0.3 is 6.29 Å². The first-order valence-corrected chi connectivity index (χ1v) is 11.1. The lowest BCUT2D eigenvalue weighted by Crippen LogP contribution is -2.46. The van der Waals surface area contributed by atoms with Crippen molar-refractivity contribution in [3.8, 4) is 23.0 Å². The summed E-state index contributed by atoms with van der Waals surface area (Å²) in [5, 5.41) is 2.96. The Kier molecular flexibility index (Phi) is 6.02. The molecule has 0 unspecified atom stereocenters. The van der Waals surface area contributed by atoms with Gasteiger partial charge in [0.2, 0.25) is 5.91 Å². The maximum atomic E-state index is 13.6. The van der Waals surface area contributed by atoms with E-state index in [1.807, 2.05) is 4.90 Å². The number of likely N-dealkylation sites (tertiary alicyclic amines) is 1. The number of ether oxygens (including phenoxy) is 3. The third kappa shape index (κ3) is 4.94. The van der Waals surface area contributed by atoms with E-state index in [1.54, 1.807) is 60.9 Å². The number of hydrogen-bond donors (Lipinski definition) is 1. The van der Waals surface area contributed by atoms with Gasteiger partial charge in [-0.2, -0.15) is 0 Å². The third-order valence-electron chi connectivity index (χ3n) is 5.79. The van der Waals surface area contributed by atoms with Gasteiger partial charge in [-0.25, -0.2) is 0 Å². The number of rotatable bonds is 6. The Morgan fingerprint density at radius 2 is 1.94 bits per heavy atom. The van der Waals surface area contributed by atoms with E-state index in [-0.39, 0.29) is 17.4 Å². The molecule has 0 aliphatic carbocycles. The number of pyridine rings is 1. The zero-order chi connectivity index (χ0) is 23.5. The highest BCUT2D eigenvalue weighted by atomic mass is 19.3. The number of carbonyl (C=O) groups is 1. The van der Waals surface area contributed by atoms with Crippen molar-refractivity contribution in [2.75, 3.05) is 11.9 Å². The summed E-state index contributed by atoms with van der Waals surface area (Å²) >= 11 is 0. The smallest absolute Gasteiger partial charge is 0.456 e. The second-order valence-corrected chi connectivity index (χ2v) is 8.20. The van der Waals surface area contributed by atoms with E-state index in [0.29, 0.717) is 42.3 Å². The molecule has 9 heteroatoms. The first-order valence-electron chi connectivity index (χ1n) is 11.1. The zero-order valence-corrected chi connectivity index (χ0v) is 18.2. The first-order chi connectivity index (χ1) is 16.5. The molecular formula is C25H23F2N3O4. The summed E-state index contributed by atoms with van der Waals surface area (Å²) < 4.78 is 42.1. The highest BCUT2D eigenvalue weighted by Gasteiger charge is 2.44. The number of hydrogen-bond acceptors (Lipinski definition) is 6. The van der Waals surface area contributed by atoms with Crippen LogP contribution in [-0.2, 0) is 11.3 Å². The summed E-state index contributed by atoms with van der Waals surface area (Å²) in [6.07, 6.45) is 2.12. The van der Waals surface area contributed by atoms with Crippen molar-refractivity contribution in [3.05, 3.63) is 72.6 Å². The van der Waals surface area contributed by atoms with E-state index in [2.05, 4.69) is 15.0 Å². The van der Waals surface area contributed by atoms with Gasteiger partial charge in [0, 0.05) is 24.0 Å². The van der Waals surface area contributed by atoms with Crippen LogP contribution < -0.4 is 19.5 Å². The van der Waals surface area contributed by atoms with Crippen LogP contribution in [0.5, 0.6) is 23.0 Å². The SMILES string of the molecule is O=C(Nc1ccc(Oc2cccnc2)cc1)[C@H]1CCCCN1Cc1cccc2c1OC(F)(F)O2. The molecule has 2 aromatic carbocycles. The Morgan fingerprint density at radius 1 is 1.09 bits per heavy atom. The molecule has 2 aliphatic heterocycles. The van der Waals surface area contributed by atoms with Crippen LogP contribution in [0.4, 0.5) is 14.5 Å². The Balaban J connectivity index is 1.25. The van der Waals surface area contributed by atoms with Crippen LogP contribution in [0, 0.1) is 0 Å². The quantitative estimate of drug-likeness (QED) is 0.538. The second-order valence-electron chi connectivity index (χ2n) is 8.20. The summed E-state index contributed by atoms with van der Waals surface area (Å²) in [5.74, 6) is 1.14. The summed E-state index contributed by atoms with van der Waals surface area (Å²) in [6.45, 7) is 0.982. The Morgan fingerprint density at radius 3 is 2.74 bits per heavy atom. The minimum atomic E-state index is -3.68. The van der Waals surface area contributed by atoms with Crippen molar-refractivity contribution in [1.29, 1.82) is 0 Å². The average molecular weight is 467 g/mol. The predicted octanol–water partition coefficient (Wildman–Crippen LogP) is 5.19. The van der Waals surface area contributed by atoms with Crippen molar-refractivity contribution in [1.82, 2.24) is 9.88 Å².